The fourth-order valence-electron chi connectivity index (χ4n) is 2.82. The first-order valence-corrected chi connectivity index (χ1v) is 11.3. The van der Waals surface area contributed by atoms with Gasteiger partial charge in [0.1, 0.15) is 0 Å². The van der Waals surface area contributed by atoms with Gasteiger partial charge in [-0.3, -0.25) is 14.2 Å². The lowest BCUT2D eigenvalue weighted by atomic mass is 10.2. The van der Waals surface area contributed by atoms with E-state index >= 15 is 0 Å². The molecule has 1 aromatic heterocycles. The lowest BCUT2D eigenvalue weighted by Gasteiger charge is -2.13. The third kappa shape index (κ3) is 5.82. The summed E-state index contributed by atoms with van der Waals surface area (Å²) in [7, 11) is 0. The topological polar surface area (TPSA) is 64.0 Å². The predicted molar refractivity (Wildman–Crippen MR) is 119 cm³/mol. The van der Waals surface area contributed by atoms with Gasteiger partial charge in [0.2, 0.25) is 5.91 Å². The van der Waals surface area contributed by atoms with Gasteiger partial charge in [-0.1, -0.05) is 49.0 Å². The molecule has 0 spiro atoms. The van der Waals surface area contributed by atoms with Crippen molar-refractivity contribution in [1.29, 1.82) is 0 Å². The molecule has 0 aliphatic carbocycles. The smallest absolute Gasteiger partial charge is 0.288 e. The highest BCUT2D eigenvalue weighted by Crippen LogP contribution is 2.26. The maximum absolute atomic E-state index is 12.9. The number of nitrogens with one attached hydrogen (secondary N) is 1. The van der Waals surface area contributed by atoms with Crippen LogP contribution < -0.4 is 10.9 Å². The second kappa shape index (κ2) is 10.6. The molecule has 0 bridgehead atoms. The van der Waals surface area contributed by atoms with Crippen molar-refractivity contribution in [3.05, 3.63) is 58.9 Å². The molecular formula is C21H21F2N3O2S2. The monoisotopic (exact) mass is 449 g/mol. The molecule has 0 unspecified atom stereocenters. The molecule has 0 radical (unpaired) electrons. The fourth-order valence-corrected chi connectivity index (χ4v) is 4.14. The number of carbonyl (C=O) groups is 1. The molecule has 0 aliphatic rings. The maximum Gasteiger partial charge on any atom is 0.288 e. The molecule has 2 aromatic carbocycles. The van der Waals surface area contributed by atoms with Crippen molar-refractivity contribution < 1.29 is 13.6 Å². The van der Waals surface area contributed by atoms with E-state index in [1.807, 2.05) is 13.0 Å². The van der Waals surface area contributed by atoms with Crippen molar-refractivity contribution in [3.8, 4) is 0 Å². The second-order valence-corrected chi connectivity index (χ2v) is 8.47. The zero-order chi connectivity index (χ0) is 21.5. The molecule has 5 nitrogen and oxygen atoms in total. The summed E-state index contributed by atoms with van der Waals surface area (Å²) in [6.07, 6.45) is 1.77. The molecule has 30 heavy (non-hydrogen) atoms. The van der Waals surface area contributed by atoms with Crippen molar-refractivity contribution in [1.82, 2.24) is 9.55 Å². The van der Waals surface area contributed by atoms with Gasteiger partial charge >= 0.3 is 0 Å². The van der Waals surface area contributed by atoms with Crippen molar-refractivity contribution in [2.24, 2.45) is 0 Å². The number of anilines is 1. The minimum absolute atomic E-state index is 0.0738. The van der Waals surface area contributed by atoms with Crippen LogP contribution >= 0.6 is 23.5 Å². The van der Waals surface area contributed by atoms with E-state index in [1.165, 1.54) is 23.9 Å². The summed E-state index contributed by atoms with van der Waals surface area (Å²) in [6, 6.07) is 13.4. The molecule has 0 fully saturated rings. The van der Waals surface area contributed by atoms with E-state index in [9.17, 15) is 18.4 Å². The van der Waals surface area contributed by atoms with E-state index in [-0.39, 0.29) is 17.2 Å². The number of hydrogen-bond donors (Lipinski definition) is 1. The molecule has 3 rings (SSSR count). The number of nitrogens with zero attached hydrogens (tertiary/aromatic N) is 2. The lowest BCUT2D eigenvalue weighted by Crippen LogP contribution is -2.24. The third-order valence-corrected chi connectivity index (χ3v) is 5.96. The first-order valence-electron chi connectivity index (χ1n) is 9.45. The highest BCUT2D eigenvalue weighted by molar-refractivity contribution is 8.00. The molecule has 1 amide bonds. The largest absolute Gasteiger partial charge is 0.325 e. The second-order valence-electron chi connectivity index (χ2n) is 6.46. The molecule has 9 heteroatoms. The molecule has 158 valence electrons. The number of halogens is 2. The third-order valence-electron chi connectivity index (χ3n) is 4.26. The van der Waals surface area contributed by atoms with Crippen LogP contribution in [0.15, 0.2) is 63.4 Å². The number of hydrogen-bond acceptors (Lipinski definition) is 5. The van der Waals surface area contributed by atoms with Crippen molar-refractivity contribution >= 4 is 46.0 Å². The minimum atomic E-state index is -2.48. The van der Waals surface area contributed by atoms with E-state index in [0.29, 0.717) is 44.9 Å². The molecule has 1 N–H and O–H groups in total. The predicted octanol–water partition coefficient (Wildman–Crippen LogP) is 5.24. The maximum atomic E-state index is 12.9. The normalized spacial score (nSPS) is 11.2. The van der Waals surface area contributed by atoms with Crippen LogP contribution in [-0.2, 0) is 11.3 Å². The zero-order valence-electron chi connectivity index (χ0n) is 16.3. The highest BCUT2D eigenvalue weighted by atomic mass is 32.2. The highest BCUT2D eigenvalue weighted by Gasteiger charge is 2.13. The first-order chi connectivity index (χ1) is 14.5. The molecule has 3 aromatic rings. The van der Waals surface area contributed by atoms with Crippen LogP contribution in [0.2, 0.25) is 0 Å². The number of aromatic nitrogens is 2. The number of amides is 1. The molecule has 1 heterocycles. The van der Waals surface area contributed by atoms with Gasteiger partial charge in [0.15, 0.2) is 5.16 Å². The Labute approximate surface area is 181 Å². The Morgan fingerprint density at radius 3 is 2.60 bits per heavy atom. The van der Waals surface area contributed by atoms with Gasteiger partial charge in [0.25, 0.3) is 11.3 Å². The first kappa shape index (κ1) is 22.3. The van der Waals surface area contributed by atoms with Crippen molar-refractivity contribution in [2.45, 2.75) is 42.1 Å². The van der Waals surface area contributed by atoms with Crippen LogP contribution in [0.25, 0.3) is 10.9 Å². The summed E-state index contributed by atoms with van der Waals surface area (Å²) >= 11 is 1.65. The molecule has 0 saturated heterocycles. The Balaban J connectivity index is 1.71. The number of thioether (sulfide) groups is 2. The molecule has 0 saturated carbocycles. The number of rotatable bonds is 9. The van der Waals surface area contributed by atoms with Gasteiger partial charge in [0.05, 0.1) is 16.7 Å². The van der Waals surface area contributed by atoms with Gasteiger partial charge < -0.3 is 5.32 Å². The Kier molecular flexibility index (Phi) is 7.87. The molecule has 0 aliphatic heterocycles. The van der Waals surface area contributed by atoms with Gasteiger partial charge in [-0.05, 0) is 42.8 Å². The zero-order valence-corrected chi connectivity index (χ0v) is 17.9. The minimum Gasteiger partial charge on any atom is -0.325 e. The van der Waals surface area contributed by atoms with Crippen LogP contribution in [0.4, 0.5) is 14.5 Å². The average Bonchev–Trinajstić information content (AvgIpc) is 2.73. The molecule has 0 atom stereocenters. The van der Waals surface area contributed by atoms with E-state index in [0.717, 1.165) is 12.8 Å². The average molecular weight is 450 g/mol. The standard InChI is InChI=1S/C21H21F2N3O2S2/c1-2-3-12-26-19(28)16-6-4-5-7-17(16)25-21(26)29-13-18(27)24-14-8-10-15(11-9-14)30-20(22)23/h4-11,20H,2-3,12-13H2,1H3,(H,24,27). The van der Waals surface area contributed by atoms with Crippen LogP contribution in [0.3, 0.4) is 0 Å². The SMILES string of the molecule is CCCCn1c(SCC(=O)Nc2ccc(SC(F)F)cc2)nc2ccccc2c1=O. The van der Waals surface area contributed by atoms with E-state index in [1.54, 1.807) is 34.9 Å². The summed E-state index contributed by atoms with van der Waals surface area (Å²) in [5.74, 6) is -2.68. The Morgan fingerprint density at radius 2 is 1.90 bits per heavy atom. The number of unbranched alkanes of at least 4 members (excludes halogenated alkanes) is 1. The number of para-hydroxylation sites is 1. The van der Waals surface area contributed by atoms with Crippen LogP contribution in [-0.4, -0.2) is 27.0 Å². The van der Waals surface area contributed by atoms with Gasteiger partial charge in [-0.2, -0.15) is 8.78 Å². The number of benzene rings is 2. The van der Waals surface area contributed by atoms with E-state index < -0.39 is 5.76 Å². The summed E-state index contributed by atoms with van der Waals surface area (Å²) in [5.41, 5.74) is 1.02. The number of carbonyl (C=O) groups excluding carboxylic acids is 1. The van der Waals surface area contributed by atoms with Crippen LogP contribution in [0.1, 0.15) is 19.8 Å². The van der Waals surface area contributed by atoms with Crippen molar-refractivity contribution in [3.63, 3.8) is 0 Å². The van der Waals surface area contributed by atoms with E-state index in [4.69, 9.17) is 0 Å². The Hall–Kier alpha value is -2.39. The van der Waals surface area contributed by atoms with Gasteiger partial charge in [-0.25, -0.2) is 4.98 Å². The van der Waals surface area contributed by atoms with Crippen LogP contribution in [0.5, 0.6) is 0 Å². The lowest BCUT2D eigenvalue weighted by molar-refractivity contribution is -0.113. The summed E-state index contributed by atoms with van der Waals surface area (Å²) in [4.78, 5) is 30.2. The summed E-state index contributed by atoms with van der Waals surface area (Å²) < 4.78 is 26.4. The number of fused-ring (bicyclic) bond motifs is 1. The van der Waals surface area contributed by atoms with Gasteiger partial charge in [0, 0.05) is 17.1 Å². The van der Waals surface area contributed by atoms with Crippen molar-refractivity contribution in [2.75, 3.05) is 11.1 Å². The fraction of sp³-hybridized carbons (Fsp3) is 0.286. The summed E-state index contributed by atoms with van der Waals surface area (Å²) in [5, 5.41) is 3.80. The molecular weight excluding hydrogens is 428 g/mol. The van der Waals surface area contributed by atoms with Crippen LogP contribution in [0, 0.1) is 0 Å². The Bertz CT molecular complexity index is 1070. The van der Waals surface area contributed by atoms with Gasteiger partial charge in [-0.15, -0.1) is 0 Å². The quantitative estimate of drug-likeness (QED) is 0.357. The summed E-state index contributed by atoms with van der Waals surface area (Å²) in [6.45, 7) is 2.59. The number of alkyl halides is 2. The van der Waals surface area contributed by atoms with E-state index in [2.05, 4.69) is 10.3 Å². The Morgan fingerprint density at radius 1 is 1.17 bits per heavy atom.